The molecule has 7 heteroatoms. The number of carbonyl (C=O) groups is 1. The van der Waals surface area contributed by atoms with Gasteiger partial charge >= 0.3 is 6.36 Å². The Hall–Kier alpha value is -2.57. The van der Waals surface area contributed by atoms with E-state index in [0.717, 1.165) is 18.2 Å². The van der Waals surface area contributed by atoms with Gasteiger partial charge in [0.25, 0.3) is 0 Å². The Morgan fingerprint density at radius 3 is 2.43 bits per heavy atom. The molecule has 2 aromatic carbocycles. The number of nitrogens with two attached hydrogens (primary N) is 1. The van der Waals surface area contributed by atoms with Crippen molar-refractivity contribution < 1.29 is 27.1 Å². The van der Waals surface area contributed by atoms with Crippen molar-refractivity contribution in [2.24, 2.45) is 0 Å². The number of para-hydroxylation sites is 1. The lowest BCUT2D eigenvalue weighted by Crippen LogP contribution is -2.17. The molecule has 0 heterocycles. The molecular weight excluding hydrogens is 290 g/mol. The third kappa shape index (κ3) is 3.50. The summed E-state index contributed by atoms with van der Waals surface area (Å²) in [6, 6.07) is 8.14. The molecule has 0 aromatic heterocycles. The van der Waals surface area contributed by atoms with Crippen molar-refractivity contribution in [3.05, 3.63) is 59.4 Å². The SMILES string of the molecule is Nc1c(F)cccc1C(=O)c1cccc(OC(F)(F)F)c1. The molecule has 110 valence electrons. The summed E-state index contributed by atoms with van der Waals surface area (Å²) in [7, 11) is 0. The van der Waals surface area contributed by atoms with Crippen LogP contribution in [0.1, 0.15) is 15.9 Å². The van der Waals surface area contributed by atoms with Crippen LogP contribution in [-0.4, -0.2) is 12.1 Å². The van der Waals surface area contributed by atoms with Crippen molar-refractivity contribution in [3.63, 3.8) is 0 Å². The van der Waals surface area contributed by atoms with E-state index in [1.54, 1.807) is 0 Å². The Bertz CT molecular complexity index is 683. The van der Waals surface area contributed by atoms with Gasteiger partial charge in [0.05, 0.1) is 5.69 Å². The van der Waals surface area contributed by atoms with E-state index in [1.165, 1.54) is 24.3 Å². The molecule has 0 saturated carbocycles. The smallest absolute Gasteiger partial charge is 0.406 e. The molecule has 0 fully saturated rings. The van der Waals surface area contributed by atoms with Crippen molar-refractivity contribution in [2.45, 2.75) is 6.36 Å². The van der Waals surface area contributed by atoms with Gasteiger partial charge in [0.1, 0.15) is 11.6 Å². The highest BCUT2D eigenvalue weighted by Crippen LogP contribution is 2.25. The number of hydrogen-bond acceptors (Lipinski definition) is 3. The molecule has 2 aromatic rings. The number of ketones is 1. The summed E-state index contributed by atoms with van der Waals surface area (Å²) in [5.74, 6) is -2.01. The summed E-state index contributed by atoms with van der Waals surface area (Å²) in [4.78, 5) is 12.2. The number of anilines is 1. The van der Waals surface area contributed by atoms with Crippen molar-refractivity contribution in [3.8, 4) is 5.75 Å². The van der Waals surface area contributed by atoms with Gasteiger partial charge in [0.15, 0.2) is 5.78 Å². The van der Waals surface area contributed by atoms with Crippen molar-refractivity contribution >= 4 is 11.5 Å². The molecule has 0 bridgehead atoms. The Labute approximate surface area is 116 Å². The van der Waals surface area contributed by atoms with Crippen LogP contribution in [0.2, 0.25) is 0 Å². The first-order valence-electron chi connectivity index (χ1n) is 5.72. The van der Waals surface area contributed by atoms with Crippen LogP contribution < -0.4 is 10.5 Å². The van der Waals surface area contributed by atoms with Crippen molar-refractivity contribution in [1.82, 2.24) is 0 Å². The lowest BCUT2D eigenvalue weighted by Gasteiger charge is -2.10. The maximum Gasteiger partial charge on any atom is 0.573 e. The summed E-state index contributed by atoms with van der Waals surface area (Å²) in [5.41, 5.74) is 4.88. The van der Waals surface area contributed by atoms with Gasteiger partial charge in [0.2, 0.25) is 0 Å². The molecule has 0 aliphatic heterocycles. The average Bonchev–Trinajstić information content (AvgIpc) is 2.39. The van der Waals surface area contributed by atoms with Crippen molar-refractivity contribution in [2.75, 3.05) is 5.73 Å². The first-order chi connectivity index (χ1) is 9.78. The third-order valence-corrected chi connectivity index (χ3v) is 2.63. The zero-order chi connectivity index (χ0) is 15.6. The standard InChI is InChI=1S/C14H9F4NO2/c15-11-6-2-5-10(12(11)19)13(20)8-3-1-4-9(7-8)21-14(16,17)18/h1-7H,19H2. The molecule has 3 nitrogen and oxygen atoms in total. The highest BCUT2D eigenvalue weighted by molar-refractivity contribution is 6.12. The van der Waals surface area contributed by atoms with E-state index in [9.17, 15) is 22.4 Å². The molecule has 0 aliphatic rings. The van der Waals surface area contributed by atoms with Gasteiger partial charge in [-0.15, -0.1) is 13.2 Å². The minimum absolute atomic E-state index is 0.0888. The number of benzene rings is 2. The number of ether oxygens (including phenoxy) is 1. The highest BCUT2D eigenvalue weighted by atomic mass is 19.4. The number of carbonyl (C=O) groups excluding carboxylic acids is 1. The maximum absolute atomic E-state index is 13.3. The topological polar surface area (TPSA) is 52.3 Å². The molecule has 2 N–H and O–H groups in total. The van der Waals surface area contributed by atoms with Gasteiger partial charge in [0, 0.05) is 11.1 Å². The molecule has 21 heavy (non-hydrogen) atoms. The van der Waals surface area contributed by atoms with Crippen LogP contribution in [0.15, 0.2) is 42.5 Å². The molecule has 0 unspecified atom stereocenters. The molecule has 0 amide bonds. The van der Waals surface area contributed by atoms with Crippen LogP contribution >= 0.6 is 0 Å². The van der Waals surface area contributed by atoms with Crippen LogP contribution in [-0.2, 0) is 0 Å². The molecule has 0 aliphatic carbocycles. The van der Waals surface area contributed by atoms with E-state index < -0.39 is 23.7 Å². The number of halogens is 4. The number of nitrogen functional groups attached to an aromatic ring is 1. The van der Waals surface area contributed by atoms with E-state index in [-0.39, 0.29) is 16.8 Å². The lowest BCUT2D eigenvalue weighted by molar-refractivity contribution is -0.274. The first kappa shape index (κ1) is 14.8. The second-order valence-electron chi connectivity index (χ2n) is 4.11. The van der Waals surface area contributed by atoms with Crippen LogP contribution in [0.3, 0.4) is 0 Å². The number of alkyl halides is 3. The van der Waals surface area contributed by atoms with E-state index in [4.69, 9.17) is 5.73 Å². The Kier molecular flexibility index (Phi) is 3.84. The van der Waals surface area contributed by atoms with E-state index >= 15 is 0 Å². The first-order valence-corrected chi connectivity index (χ1v) is 5.72. The quantitative estimate of drug-likeness (QED) is 0.536. The summed E-state index contributed by atoms with van der Waals surface area (Å²) < 4.78 is 53.4. The predicted octanol–water partition coefficient (Wildman–Crippen LogP) is 3.54. The van der Waals surface area contributed by atoms with Gasteiger partial charge in [-0.1, -0.05) is 18.2 Å². The van der Waals surface area contributed by atoms with E-state index in [1.807, 2.05) is 0 Å². The fourth-order valence-corrected chi connectivity index (χ4v) is 1.72. The summed E-state index contributed by atoms with van der Waals surface area (Å²) in [6.07, 6.45) is -4.86. The normalized spacial score (nSPS) is 11.2. The second kappa shape index (κ2) is 5.43. The third-order valence-electron chi connectivity index (χ3n) is 2.63. The van der Waals surface area contributed by atoms with Crippen LogP contribution in [0.4, 0.5) is 23.2 Å². The van der Waals surface area contributed by atoms with Gasteiger partial charge < -0.3 is 10.5 Å². The Morgan fingerprint density at radius 1 is 1.10 bits per heavy atom. The molecular formula is C14H9F4NO2. The zero-order valence-electron chi connectivity index (χ0n) is 10.4. The minimum Gasteiger partial charge on any atom is -0.406 e. The minimum atomic E-state index is -4.86. The van der Waals surface area contributed by atoms with Gasteiger partial charge in [-0.05, 0) is 24.3 Å². The fraction of sp³-hybridized carbons (Fsp3) is 0.0714. The zero-order valence-corrected chi connectivity index (χ0v) is 10.4. The summed E-state index contributed by atoms with van der Waals surface area (Å²) >= 11 is 0. The van der Waals surface area contributed by atoms with Gasteiger partial charge in [-0.25, -0.2) is 4.39 Å². The highest BCUT2D eigenvalue weighted by Gasteiger charge is 2.31. The Morgan fingerprint density at radius 2 is 1.76 bits per heavy atom. The van der Waals surface area contributed by atoms with Gasteiger partial charge in [-0.3, -0.25) is 4.79 Å². The molecule has 0 atom stereocenters. The molecule has 0 saturated heterocycles. The molecule has 2 rings (SSSR count). The number of rotatable bonds is 3. The van der Waals surface area contributed by atoms with Crippen LogP contribution in [0.25, 0.3) is 0 Å². The van der Waals surface area contributed by atoms with Crippen LogP contribution in [0, 0.1) is 5.82 Å². The Balaban J connectivity index is 2.36. The molecule has 0 radical (unpaired) electrons. The van der Waals surface area contributed by atoms with Crippen LogP contribution in [0.5, 0.6) is 5.75 Å². The summed E-state index contributed by atoms with van der Waals surface area (Å²) in [6.45, 7) is 0. The van der Waals surface area contributed by atoms with E-state index in [2.05, 4.69) is 4.74 Å². The average molecular weight is 299 g/mol. The fourth-order valence-electron chi connectivity index (χ4n) is 1.72. The lowest BCUT2D eigenvalue weighted by atomic mass is 10.0. The van der Waals surface area contributed by atoms with E-state index in [0.29, 0.717) is 0 Å². The summed E-state index contributed by atoms with van der Waals surface area (Å²) in [5, 5.41) is 0. The predicted molar refractivity (Wildman–Crippen MR) is 67.4 cm³/mol. The number of hydrogen-bond donors (Lipinski definition) is 1. The molecule has 0 spiro atoms. The van der Waals surface area contributed by atoms with Gasteiger partial charge in [-0.2, -0.15) is 0 Å². The monoisotopic (exact) mass is 299 g/mol. The second-order valence-corrected chi connectivity index (χ2v) is 4.11. The van der Waals surface area contributed by atoms with Crippen molar-refractivity contribution in [1.29, 1.82) is 0 Å². The largest absolute Gasteiger partial charge is 0.573 e. The maximum atomic E-state index is 13.3.